The molecule has 0 amide bonds. The Kier molecular flexibility index (Phi) is 11.7. The van der Waals surface area contributed by atoms with Gasteiger partial charge in [0.15, 0.2) is 0 Å². The fourth-order valence-electron chi connectivity index (χ4n) is 1.19. The van der Waals surface area contributed by atoms with Gasteiger partial charge in [-0.05, 0) is 24.9 Å². The van der Waals surface area contributed by atoms with Gasteiger partial charge in [-0.1, -0.05) is 45.4 Å². The molecule has 0 N–H and O–H groups in total. The zero-order chi connectivity index (χ0) is 9.07. The largest absolute Gasteiger partial charge is 0.162 e. The average molecular weight is 186 g/mol. The van der Waals surface area contributed by atoms with Crippen molar-refractivity contribution >= 4 is 11.8 Å². The lowest BCUT2D eigenvalue weighted by Crippen LogP contribution is -1.83. The molecular formula is C11H22S. The van der Waals surface area contributed by atoms with Crippen LogP contribution in [0.3, 0.4) is 0 Å². The quantitative estimate of drug-likeness (QED) is 0.488. The normalized spacial score (nSPS) is 10.5. The summed E-state index contributed by atoms with van der Waals surface area (Å²) in [5, 5.41) is 0. The SMILES string of the molecule is [CH2]CCCCCCCCSC[CH2]. The summed E-state index contributed by atoms with van der Waals surface area (Å²) < 4.78 is 0. The maximum Gasteiger partial charge on any atom is -0.00672 e. The molecule has 0 nitrogen and oxygen atoms in total. The van der Waals surface area contributed by atoms with Crippen LogP contribution >= 0.6 is 11.8 Å². The number of hydrogen-bond acceptors (Lipinski definition) is 1. The van der Waals surface area contributed by atoms with Crippen molar-refractivity contribution in [3.8, 4) is 0 Å². The zero-order valence-electron chi connectivity index (χ0n) is 8.19. The minimum Gasteiger partial charge on any atom is -0.162 e. The molecule has 12 heavy (non-hydrogen) atoms. The smallest absolute Gasteiger partial charge is 0.00672 e. The molecule has 0 aliphatic carbocycles. The molecule has 0 spiro atoms. The van der Waals surface area contributed by atoms with Crippen molar-refractivity contribution in [1.82, 2.24) is 0 Å². The Morgan fingerprint density at radius 3 is 1.92 bits per heavy atom. The summed E-state index contributed by atoms with van der Waals surface area (Å²) in [6.45, 7) is 7.63. The van der Waals surface area contributed by atoms with Gasteiger partial charge in [-0.15, -0.1) is 0 Å². The third-order valence-corrected chi connectivity index (χ3v) is 2.80. The second-order valence-corrected chi connectivity index (χ2v) is 4.31. The van der Waals surface area contributed by atoms with E-state index in [1.165, 1.54) is 44.3 Å². The van der Waals surface area contributed by atoms with E-state index in [1.807, 2.05) is 11.8 Å². The Morgan fingerprint density at radius 1 is 0.750 bits per heavy atom. The highest BCUT2D eigenvalue weighted by Gasteiger charge is 1.90. The van der Waals surface area contributed by atoms with Crippen LogP contribution in [-0.4, -0.2) is 11.5 Å². The molecule has 0 saturated heterocycles. The van der Waals surface area contributed by atoms with Gasteiger partial charge < -0.3 is 0 Å². The Labute approximate surface area is 82.5 Å². The fourth-order valence-corrected chi connectivity index (χ4v) is 1.80. The van der Waals surface area contributed by atoms with E-state index in [1.54, 1.807) is 0 Å². The van der Waals surface area contributed by atoms with Crippen LogP contribution in [0.2, 0.25) is 0 Å². The molecule has 0 heterocycles. The van der Waals surface area contributed by atoms with Gasteiger partial charge in [0.05, 0.1) is 0 Å². The van der Waals surface area contributed by atoms with Crippen molar-refractivity contribution in [2.24, 2.45) is 0 Å². The first-order valence-corrected chi connectivity index (χ1v) is 6.23. The van der Waals surface area contributed by atoms with E-state index in [2.05, 4.69) is 13.8 Å². The Bertz CT molecular complexity index is 61.4. The number of unbranched alkanes of at least 4 members (excludes halogenated alkanes) is 6. The molecule has 0 rings (SSSR count). The lowest BCUT2D eigenvalue weighted by Gasteiger charge is -1.99. The van der Waals surface area contributed by atoms with Crippen molar-refractivity contribution in [3.63, 3.8) is 0 Å². The predicted octanol–water partition coefficient (Wildman–Crippen LogP) is 4.12. The Balaban J connectivity index is 2.73. The monoisotopic (exact) mass is 186 g/mol. The molecule has 0 aromatic rings. The molecule has 0 aromatic carbocycles. The standard InChI is InChI=1S/C11H22S/c1-3-5-6-7-8-9-10-11-12-4-2/h1-11H2. The Morgan fingerprint density at radius 2 is 1.33 bits per heavy atom. The second kappa shape index (κ2) is 11.4. The predicted molar refractivity (Wildman–Crippen MR) is 60.4 cm³/mol. The fraction of sp³-hybridized carbons (Fsp3) is 0.818. The van der Waals surface area contributed by atoms with Crippen LogP contribution in [0.15, 0.2) is 0 Å². The van der Waals surface area contributed by atoms with Gasteiger partial charge in [0, 0.05) is 0 Å². The van der Waals surface area contributed by atoms with Gasteiger partial charge in [-0.3, -0.25) is 0 Å². The van der Waals surface area contributed by atoms with Crippen LogP contribution in [0.4, 0.5) is 0 Å². The lowest BCUT2D eigenvalue weighted by atomic mass is 10.1. The maximum atomic E-state index is 3.83. The van der Waals surface area contributed by atoms with Crippen LogP contribution in [0.5, 0.6) is 0 Å². The van der Waals surface area contributed by atoms with Gasteiger partial charge >= 0.3 is 0 Å². The lowest BCUT2D eigenvalue weighted by molar-refractivity contribution is 0.612. The van der Waals surface area contributed by atoms with Crippen molar-refractivity contribution in [1.29, 1.82) is 0 Å². The molecule has 0 fully saturated rings. The van der Waals surface area contributed by atoms with E-state index in [-0.39, 0.29) is 0 Å². The summed E-state index contributed by atoms with van der Waals surface area (Å²) in [7, 11) is 0. The van der Waals surface area contributed by atoms with E-state index in [4.69, 9.17) is 0 Å². The molecule has 0 saturated carbocycles. The third kappa shape index (κ3) is 10.3. The van der Waals surface area contributed by atoms with Crippen LogP contribution < -0.4 is 0 Å². The average Bonchev–Trinajstić information content (AvgIpc) is 2.10. The van der Waals surface area contributed by atoms with Crippen LogP contribution in [0.1, 0.15) is 44.9 Å². The van der Waals surface area contributed by atoms with Gasteiger partial charge in [-0.25, -0.2) is 0 Å². The number of thioether (sulfide) groups is 1. The summed E-state index contributed by atoms with van der Waals surface area (Å²) in [6, 6.07) is 0. The van der Waals surface area contributed by atoms with Crippen LogP contribution in [0, 0.1) is 13.8 Å². The first kappa shape index (κ1) is 12.3. The first-order valence-electron chi connectivity index (χ1n) is 5.08. The summed E-state index contributed by atoms with van der Waals surface area (Å²) in [6.07, 6.45) is 9.41. The summed E-state index contributed by atoms with van der Waals surface area (Å²) in [4.78, 5) is 0. The molecule has 1 heteroatoms. The first-order chi connectivity index (χ1) is 5.91. The van der Waals surface area contributed by atoms with Crippen molar-refractivity contribution in [2.75, 3.05) is 11.5 Å². The van der Waals surface area contributed by atoms with Gasteiger partial charge in [0.2, 0.25) is 0 Å². The molecule has 0 bridgehead atoms. The third-order valence-electron chi connectivity index (χ3n) is 1.93. The molecule has 0 aliphatic rings. The summed E-state index contributed by atoms with van der Waals surface area (Å²) in [5.74, 6) is 2.33. The second-order valence-electron chi connectivity index (χ2n) is 3.09. The van der Waals surface area contributed by atoms with E-state index in [9.17, 15) is 0 Å². The molecule has 72 valence electrons. The minimum atomic E-state index is 1.03. The van der Waals surface area contributed by atoms with E-state index < -0.39 is 0 Å². The molecule has 2 radical (unpaired) electrons. The molecule has 0 unspecified atom stereocenters. The van der Waals surface area contributed by atoms with E-state index >= 15 is 0 Å². The van der Waals surface area contributed by atoms with E-state index in [0.717, 1.165) is 12.2 Å². The summed E-state index contributed by atoms with van der Waals surface area (Å²) in [5.41, 5.74) is 0. The summed E-state index contributed by atoms with van der Waals surface area (Å²) >= 11 is 1.96. The molecule has 0 aliphatic heterocycles. The number of hydrogen-bond donors (Lipinski definition) is 0. The Hall–Kier alpha value is 0.350. The highest BCUT2D eigenvalue weighted by Crippen LogP contribution is 2.09. The number of rotatable bonds is 9. The minimum absolute atomic E-state index is 1.03. The maximum absolute atomic E-state index is 3.83. The van der Waals surface area contributed by atoms with Crippen LogP contribution in [0.25, 0.3) is 0 Å². The zero-order valence-corrected chi connectivity index (χ0v) is 9.00. The van der Waals surface area contributed by atoms with Gasteiger partial charge in [0.1, 0.15) is 0 Å². The van der Waals surface area contributed by atoms with Crippen molar-refractivity contribution in [3.05, 3.63) is 13.8 Å². The molecule has 0 aromatic heterocycles. The molecular weight excluding hydrogens is 164 g/mol. The van der Waals surface area contributed by atoms with Crippen molar-refractivity contribution in [2.45, 2.75) is 44.9 Å². The molecule has 0 atom stereocenters. The van der Waals surface area contributed by atoms with Crippen LogP contribution in [-0.2, 0) is 0 Å². The topological polar surface area (TPSA) is 0 Å². The van der Waals surface area contributed by atoms with Crippen molar-refractivity contribution < 1.29 is 0 Å². The highest BCUT2D eigenvalue weighted by atomic mass is 32.2. The highest BCUT2D eigenvalue weighted by molar-refractivity contribution is 7.99. The van der Waals surface area contributed by atoms with E-state index in [0.29, 0.717) is 0 Å². The van der Waals surface area contributed by atoms with Gasteiger partial charge in [0.25, 0.3) is 0 Å². The van der Waals surface area contributed by atoms with Gasteiger partial charge in [-0.2, -0.15) is 11.8 Å².